The lowest BCUT2D eigenvalue weighted by Gasteiger charge is -2.13. The molecule has 0 fully saturated rings. The van der Waals surface area contributed by atoms with Crippen LogP contribution in [-0.2, 0) is 9.53 Å². The van der Waals surface area contributed by atoms with Crippen molar-refractivity contribution in [3.8, 4) is 5.75 Å². The van der Waals surface area contributed by atoms with Crippen molar-refractivity contribution in [2.24, 2.45) is 0 Å². The zero-order valence-electron chi connectivity index (χ0n) is 14.5. The highest BCUT2D eigenvalue weighted by Gasteiger charge is 2.16. The fourth-order valence-corrected chi connectivity index (χ4v) is 2.58. The number of hydrogen-bond donors (Lipinski definition) is 1. The molecule has 0 saturated heterocycles. The fourth-order valence-electron chi connectivity index (χ4n) is 2.58. The van der Waals surface area contributed by atoms with Gasteiger partial charge in [-0.2, -0.15) is 0 Å². The number of para-hydroxylation sites is 2. The Balaban J connectivity index is 1.61. The Hall–Kier alpha value is -3.28. The van der Waals surface area contributed by atoms with Gasteiger partial charge in [0.15, 0.2) is 6.61 Å². The molecule has 2 aromatic carbocycles. The molecule has 26 heavy (non-hydrogen) atoms. The summed E-state index contributed by atoms with van der Waals surface area (Å²) in [6.07, 6.45) is 0. The predicted molar refractivity (Wildman–Crippen MR) is 96.0 cm³/mol. The highest BCUT2D eigenvalue weighted by molar-refractivity contribution is 5.92. The van der Waals surface area contributed by atoms with Gasteiger partial charge >= 0.3 is 5.97 Å². The number of ether oxygens (including phenoxy) is 2. The lowest BCUT2D eigenvalue weighted by Crippen LogP contribution is -2.31. The van der Waals surface area contributed by atoms with Crippen molar-refractivity contribution in [1.29, 1.82) is 0 Å². The average molecular weight is 353 g/mol. The van der Waals surface area contributed by atoms with Gasteiger partial charge in [0.2, 0.25) is 0 Å². The van der Waals surface area contributed by atoms with Crippen LogP contribution < -0.4 is 10.1 Å². The van der Waals surface area contributed by atoms with Crippen LogP contribution in [0.1, 0.15) is 29.1 Å². The van der Waals surface area contributed by atoms with Gasteiger partial charge in [0.1, 0.15) is 22.7 Å². The van der Waals surface area contributed by atoms with Gasteiger partial charge in [-0.25, -0.2) is 4.79 Å². The third-order valence-electron chi connectivity index (χ3n) is 3.90. The maximum Gasteiger partial charge on any atom is 0.341 e. The maximum atomic E-state index is 12.2. The molecule has 0 aliphatic carbocycles. The van der Waals surface area contributed by atoms with E-state index in [9.17, 15) is 9.59 Å². The molecule has 0 aliphatic heterocycles. The van der Waals surface area contributed by atoms with E-state index in [1.54, 1.807) is 24.3 Å². The maximum absolute atomic E-state index is 12.2. The van der Waals surface area contributed by atoms with Crippen molar-refractivity contribution in [1.82, 2.24) is 5.32 Å². The van der Waals surface area contributed by atoms with Crippen LogP contribution in [-0.4, -0.2) is 25.6 Å². The van der Waals surface area contributed by atoms with E-state index >= 15 is 0 Å². The fraction of sp³-hybridized carbons (Fsp3) is 0.200. The van der Waals surface area contributed by atoms with E-state index < -0.39 is 5.97 Å². The first-order valence-corrected chi connectivity index (χ1v) is 8.16. The Bertz CT molecular complexity index is 898. The molecule has 6 nitrogen and oxygen atoms in total. The SMILES string of the molecule is COC(=O)c1ccccc1OCC(=O)N[C@H](C)c1cc2ccccc2o1. The Morgan fingerprint density at radius 1 is 1.12 bits per heavy atom. The molecule has 3 aromatic rings. The first-order chi connectivity index (χ1) is 12.6. The lowest BCUT2D eigenvalue weighted by atomic mass is 10.2. The molecular formula is C20H19NO5. The topological polar surface area (TPSA) is 77.8 Å². The van der Waals surface area contributed by atoms with E-state index in [1.165, 1.54) is 7.11 Å². The number of carbonyl (C=O) groups is 2. The monoisotopic (exact) mass is 353 g/mol. The van der Waals surface area contributed by atoms with Gasteiger partial charge in [0.25, 0.3) is 5.91 Å². The molecule has 1 aromatic heterocycles. The minimum atomic E-state index is -0.517. The number of carbonyl (C=O) groups excluding carboxylic acids is 2. The van der Waals surface area contributed by atoms with Crippen molar-refractivity contribution < 1.29 is 23.5 Å². The average Bonchev–Trinajstić information content (AvgIpc) is 3.10. The minimum absolute atomic E-state index is 0.224. The van der Waals surface area contributed by atoms with Gasteiger partial charge < -0.3 is 19.2 Å². The van der Waals surface area contributed by atoms with Gasteiger partial charge in [-0.05, 0) is 31.2 Å². The Labute approximate surface area is 150 Å². The molecule has 0 radical (unpaired) electrons. The molecule has 0 unspecified atom stereocenters. The second-order valence-electron chi connectivity index (χ2n) is 5.75. The van der Waals surface area contributed by atoms with Crippen LogP contribution in [0.15, 0.2) is 59.0 Å². The summed E-state index contributed by atoms with van der Waals surface area (Å²) in [5.41, 5.74) is 1.04. The van der Waals surface area contributed by atoms with Crippen LogP contribution in [0.25, 0.3) is 11.0 Å². The Morgan fingerprint density at radius 2 is 1.85 bits per heavy atom. The molecule has 0 saturated carbocycles. The normalized spacial score (nSPS) is 11.8. The third-order valence-corrected chi connectivity index (χ3v) is 3.90. The van der Waals surface area contributed by atoms with Crippen molar-refractivity contribution in [3.63, 3.8) is 0 Å². The van der Waals surface area contributed by atoms with E-state index in [0.717, 1.165) is 11.0 Å². The molecule has 1 heterocycles. The quantitative estimate of drug-likeness (QED) is 0.687. The smallest absolute Gasteiger partial charge is 0.341 e. The van der Waals surface area contributed by atoms with Crippen LogP contribution in [0.5, 0.6) is 5.75 Å². The molecule has 0 spiro atoms. The zero-order valence-corrected chi connectivity index (χ0v) is 14.5. The molecule has 6 heteroatoms. The molecule has 134 valence electrons. The van der Waals surface area contributed by atoms with Crippen molar-refractivity contribution in [2.75, 3.05) is 13.7 Å². The van der Waals surface area contributed by atoms with Gasteiger partial charge in [-0.3, -0.25) is 4.79 Å². The van der Waals surface area contributed by atoms with E-state index in [2.05, 4.69) is 5.32 Å². The first kappa shape index (κ1) is 17.5. The molecule has 1 atom stereocenters. The van der Waals surface area contributed by atoms with E-state index in [4.69, 9.17) is 13.9 Å². The van der Waals surface area contributed by atoms with Crippen LogP contribution in [0, 0.1) is 0 Å². The second-order valence-corrected chi connectivity index (χ2v) is 5.75. The summed E-state index contributed by atoms with van der Waals surface area (Å²) >= 11 is 0. The van der Waals surface area contributed by atoms with Crippen LogP contribution in [0.2, 0.25) is 0 Å². The molecule has 0 aliphatic rings. The summed E-state index contributed by atoms with van der Waals surface area (Å²) < 4.78 is 15.9. The number of hydrogen-bond acceptors (Lipinski definition) is 5. The van der Waals surface area contributed by atoms with Crippen LogP contribution >= 0.6 is 0 Å². The summed E-state index contributed by atoms with van der Waals surface area (Å²) in [6, 6.07) is 15.8. The van der Waals surface area contributed by atoms with Gasteiger partial charge in [0.05, 0.1) is 13.2 Å². The van der Waals surface area contributed by atoms with Crippen LogP contribution in [0.3, 0.4) is 0 Å². The van der Waals surface area contributed by atoms with Crippen molar-refractivity contribution in [3.05, 3.63) is 65.9 Å². The third kappa shape index (κ3) is 3.85. The number of esters is 1. The first-order valence-electron chi connectivity index (χ1n) is 8.16. The molecule has 3 rings (SSSR count). The van der Waals surface area contributed by atoms with E-state index in [-0.39, 0.29) is 24.1 Å². The Morgan fingerprint density at radius 3 is 2.62 bits per heavy atom. The highest BCUT2D eigenvalue weighted by Crippen LogP contribution is 2.23. The number of rotatable bonds is 6. The largest absolute Gasteiger partial charge is 0.483 e. The number of benzene rings is 2. The standard InChI is InChI=1S/C20H19NO5/c1-13(18-11-14-7-3-5-9-16(14)26-18)21-19(22)12-25-17-10-6-4-8-15(17)20(23)24-2/h3-11,13H,12H2,1-2H3,(H,21,22)/t13-/m1/s1. The Kier molecular flexibility index (Phi) is 5.22. The highest BCUT2D eigenvalue weighted by atomic mass is 16.5. The van der Waals surface area contributed by atoms with E-state index in [1.807, 2.05) is 37.3 Å². The summed E-state index contributed by atoms with van der Waals surface area (Å²) in [5, 5.41) is 3.79. The molecule has 1 N–H and O–H groups in total. The van der Waals surface area contributed by atoms with Gasteiger partial charge in [0, 0.05) is 5.39 Å². The van der Waals surface area contributed by atoms with Gasteiger partial charge in [-0.15, -0.1) is 0 Å². The molecular weight excluding hydrogens is 334 g/mol. The summed E-state index contributed by atoms with van der Waals surface area (Å²) in [5.74, 6) is 0.120. The molecule has 0 bridgehead atoms. The number of amides is 1. The van der Waals surface area contributed by atoms with Crippen molar-refractivity contribution in [2.45, 2.75) is 13.0 Å². The summed E-state index contributed by atoms with van der Waals surface area (Å²) in [6.45, 7) is 1.61. The number of furan rings is 1. The second kappa shape index (κ2) is 7.74. The zero-order chi connectivity index (χ0) is 18.5. The minimum Gasteiger partial charge on any atom is -0.483 e. The van der Waals surface area contributed by atoms with E-state index in [0.29, 0.717) is 11.5 Å². The molecule has 1 amide bonds. The summed E-state index contributed by atoms with van der Waals surface area (Å²) in [4.78, 5) is 23.9. The van der Waals surface area contributed by atoms with Crippen LogP contribution in [0.4, 0.5) is 0 Å². The summed E-state index contributed by atoms with van der Waals surface area (Å²) in [7, 11) is 1.29. The number of fused-ring (bicyclic) bond motifs is 1. The predicted octanol–water partition coefficient (Wildman–Crippen LogP) is 3.48. The van der Waals surface area contributed by atoms with Gasteiger partial charge in [-0.1, -0.05) is 30.3 Å². The van der Waals surface area contributed by atoms with Crippen molar-refractivity contribution >= 4 is 22.8 Å². The number of methoxy groups -OCH3 is 1. The number of nitrogens with one attached hydrogen (secondary N) is 1. The lowest BCUT2D eigenvalue weighted by molar-refractivity contribution is -0.123.